The number of piperidine rings is 1. The zero-order valence-corrected chi connectivity index (χ0v) is 15.0. The first-order valence-corrected chi connectivity index (χ1v) is 8.59. The number of nitrogens with zero attached hydrogens (tertiary/aromatic N) is 1. The molecule has 5 nitrogen and oxygen atoms in total. The first kappa shape index (κ1) is 18.9. The SMILES string of the molecule is C#CCOc1ccc(C(=O)N2CCCC(CC(C)(C)C(N)=O)C2)cc1. The number of amides is 2. The number of primary amides is 1. The topological polar surface area (TPSA) is 72.6 Å². The van der Waals surface area contributed by atoms with E-state index in [2.05, 4.69) is 5.92 Å². The molecule has 25 heavy (non-hydrogen) atoms. The molecule has 2 amide bonds. The number of carbonyl (C=O) groups is 2. The minimum Gasteiger partial charge on any atom is -0.481 e. The summed E-state index contributed by atoms with van der Waals surface area (Å²) in [6.45, 7) is 5.33. The smallest absolute Gasteiger partial charge is 0.253 e. The minimum atomic E-state index is -0.549. The number of benzene rings is 1. The molecule has 1 aliphatic heterocycles. The highest BCUT2D eigenvalue weighted by molar-refractivity contribution is 5.94. The summed E-state index contributed by atoms with van der Waals surface area (Å²) in [6, 6.07) is 7.01. The van der Waals surface area contributed by atoms with E-state index in [1.165, 1.54) is 0 Å². The number of carbonyl (C=O) groups excluding carboxylic acids is 2. The number of terminal acetylenes is 1. The second-order valence-electron chi connectivity index (χ2n) is 7.23. The van der Waals surface area contributed by atoms with Crippen molar-refractivity contribution < 1.29 is 14.3 Å². The van der Waals surface area contributed by atoms with Gasteiger partial charge in [-0.05, 0) is 49.4 Å². The summed E-state index contributed by atoms with van der Waals surface area (Å²) in [4.78, 5) is 26.2. The van der Waals surface area contributed by atoms with Crippen LogP contribution in [0.1, 0.15) is 43.5 Å². The monoisotopic (exact) mass is 342 g/mol. The molecule has 2 rings (SSSR count). The van der Waals surface area contributed by atoms with Crippen LogP contribution in [0.5, 0.6) is 5.75 Å². The van der Waals surface area contributed by atoms with Gasteiger partial charge in [0.1, 0.15) is 12.4 Å². The first-order chi connectivity index (χ1) is 11.8. The molecule has 1 fully saturated rings. The number of rotatable bonds is 6. The van der Waals surface area contributed by atoms with Crippen LogP contribution in [0, 0.1) is 23.7 Å². The molecule has 1 heterocycles. The fraction of sp³-hybridized carbons (Fsp3) is 0.500. The average molecular weight is 342 g/mol. The van der Waals surface area contributed by atoms with Gasteiger partial charge >= 0.3 is 0 Å². The zero-order valence-electron chi connectivity index (χ0n) is 15.0. The molecule has 1 saturated heterocycles. The van der Waals surface area contributed by atoms with E-state index in [0.717, 1.165) is 19.4 Å². The maximum absolute atomic E-state index is 12.7. The lowest BCUT2D eigenvalue weighted by molar-refractivity contribution is -0.127. The third-order valence-corrected chi connectivity index (χ3v) is 4.70. The van der Waals surface area contributed by atoms with E-state index in [0.29, 0.717) is 30.2 Å². The van der Waals surface area contributed by atoms with Gasteiger partial charge in [0.15, 0.2) is 0 Å². The summed E-state index contributed by atoms with van der Waals surface area (Å²) in [5, 5.41) is 0. The Morgan fingerprint density at radius 2 is 2.04 bits per heavy atom. The quantitative estimate of drug-likeness (QED) is 0.807. The van der Waals surface area contributed by atoms with Gasteiger partial charge in [0, 0.05) is 24.1 Å². The molecule has 0 radical (unpaired) electrons. The Balaban J connectivity index is 1.99. The summed E-state index contributed by atoms with van der Waals surface area (Å²) in [6.07, 6.45) is 7.81. The maximum Gasteiger partial charge on any atom is 0.253 e. The van der Waals surface area contributed by atoms with Gasteiger partial charge in [-0.25, -0.2) is 0 Å². The van der Waals surface area contributed by atoms with Crippen LogP contribution < -0.4 is 10.5 Å². The summed E-state index contributed by atoms with van der Waals surface area (Å²) in [5.41, 5.74) is 5.56. The lowest BCUT2D eigenvalue weighted by atomic mass is 9.79. The van der Waals surface area contributed by atoms with Crippen molar-refractivity contribution in [2.75, 3.05) is 19.7 Å². The molecule has 1 unspecified atom stereocenters. The summed E-state index contributed by atoms with van der Waals surface area (Å²) < 4.78 is 5.32. The van der Waals surface area contributed by atoms with Crippen molar-refractivity contribution in [1.82, 2.24) is 4.90 Å². The number of nitrogens with two attached hydrogens (primary N) is 1. The number of ether oxygens (including phenoxy) is 1. The lowest BCUT2D eigenvalue weighted by Gasteiger charge is -2.36. The Morgan fingerprint density at radius 3 is 2.64 bits per heavy atom. The molecule has 1 aliphatic rings. The predicted octanol–water partition coefficient (Wildman–Crippen LogP) is 2.45. The fourth-order valence-corrected chi connectivity index (χ4v) is 3.24. The Bertz CT molecular complexity index is 659. The van der Waals surface area contributed by atoms with Crippen molar-refractivity contribution in [3.8, 4) is 18.1 Å². The standard InChI is InChI=1S/C20H26N2O3/c1-4-12-25-17-9-7-16(8-10-17)18(23)22-11-5-6-15(14-22)13-20(2,3)19(21)24/h1,7-10,15H,5-6,11-14H2,2-3H3,(H2,21,24). The molecule has 0 aliphatic carbocycles. The normalized spacial score (nSPS) is 17.6. The molecular formula is C20H26N2O3. The van der Waals surface area contributed by atoms with Crippen LogP contribution in [0.25, 0.3) is 0 Å². The molecule has 1 atom stereocenters. The van der Waals surface area contributed by atoms with Crippen molar-refractivity contribution in [2.45, 2.75) is 33.1 Å². The third-order valence-electron chi connectivity index (χ3n) is 4.70. The fourth-order valence-electron chi connectivity index (χ4n) is 3.24. The third kappa shape index (κ3) is 4.99. The molecular weight excluding hydrogens is 316 g/mol. The van der Waals surface area contributed by atoms with Crippen molar-refractivity contribution in [2.24, 2.45) is 17.1 Å². The molecule has 1 aromatic rings. The molecule has 0 spiro atoms. The number of hydrogen-bond donors (Lipinski definition) is 1. The second kappa shape index (κ2) is 8.06. The number of hydrogen-bond acceptors (Lipinski definition) is 3. The summed E-state index contributed by atoms with van der Waals surface area (Å²) in [7, 11) is 0. The van der Waals surface area contributed by atoms with Crippen molar-refractivity contribution in [3.63, 3.8) is 0 Å². The van der Waals surface area contributed by atoms with Crippen LogP contribution in [0.3, 0.4) is 0 Å². The van der Waals surface area contributed by atoms with Crippen LogP contribution in [0.15, 0.2) is 24.3 Å². The largest absolute Gasteiger partial charge is 0.481 e. The number of likely N-dealkylation sites (tertiary alicyclic amines) is 1. The highest BCUT2D eigenvalue weighted by Gasteiger charge is 2.32. The van der Waals surface area contributed by atoms with Crippen molar-refractivity contribution >= 4 is 11.8 Å². The van der Waals surface area contributed by atoms with E-state index in [9.17, 15) is 9.59 Å². The molecule has 5 heteroatoms. The van der Waals surface area contributed by atoms with Gasteiger partial charge in [-0.3, -0.25) is 9.59 Å². The predicted molar refractivity (Wildman–Crippen MR) is 97.0 cm³/mol. The second-order valence-corrected chi connectivity index (χ2v) is 7.23. The summed E-state index contributed by atoms with van der Waals surface area (Å²) >= 11 is 0. The Labute approximate surface area is 149 Å². The van der Waals surface area contributed by atoms with E-state index in [-0.39, 0.29) is 18.4 Å². The van der Waals surface area contributed by atoms with E-state index in [4.69, 9.17) is 16.9 Å². The van der Waals surface area contributed by atoms with Crippen LogP contribution in [0.4, 0.5) is 0 Å². The van der Waals surface area contributed by atoms with Crippen LogP contribution in [-0.2, 0) is 4.79 Å². The van der Waals surface area contributed by atoms with Gasteiger partial charge < -0.3 is 15.4 Å². The zero-order chi connectivity index (χ0) is 18.4. The summed E-state index contributed by atoms with van der Waals surface area (Å²) in [5.74, 6) is 3.06. The Morgan fingerprint density at radius 1 is 1.36 bits per heavy atom. The van der Waals surface area contributed by atoms with Crippen LogP contribution in [0.2, 0.25) is 0 Å². The minimum absolute atomic E-state index is 0.00470. The van der Waals surface area contributed by atoms with Crippen LogP contribution >= 0.6 is 0 Å². The van der Waals surface area contributed by atoms with Crippen molar-refractivity contribution in [1.29, 1.82) is 0 Å². The van der Waals surface area contributed by atoms with Crippen LogP contribution in [-0.4, -0.2) is 36.4 Å². The Kier molecular flexibility index (Phi) is 6.08. The van der Waals surface area contributed by atoms with Gasteiger partial charge in [-0.2, -0.15) is 0 Å². The highest BCUT2D eigenvalue weighted by atomic mass is 16.5. The Hall–Kier alpha value is -2.48. The van der Waals surface area contributed by atoms with Crippen molar-refractivity contribution in [3.05, 3.63) is 29.8 Å². The van der Waals surface area contributed by atoms with E-state index < -0.39 is 5.41 Å². The molecule has 1 aromatic carbocycles. The van der Waals surface area contributed by atoms with Gasteiger partial charge in [-0.15, -0.1) is 6.42 Å². The molecule has 2 N–H and O–H groups in total. The highest BCUT2D eigenvalue weighted by Crippen LogP contribution is 2.31. The molecule has 134 valence electrons. The van der Waals surface area contributed by atoms with Gasteiger partial charge in [-0.1, -0.05) is 19.8 Å². The van der Waals surface area contributed by atoms with E-state index in [1.54, 1.807) is 24.3 Å². The van der Waals surface area contributed by atoms with Gasteiger partial charge in [0.25, 0.3) is 5.91 Å². The molecule has 0 aromatic heterocycles. The van der Waals surface area contributed by atoms with Gasteiger partial charge in [0.05, 0.1) is 0 Å². The molecule has 0 saturated carbocycles. The first-order valence-electron chi connectivity index (χ1n) is 8.59. The van der Waals surface area contributed by atoms with E-state index >= 15 is 0 Å². The average Bonchev–Trinajstić information content (AvgIpc) is 2.59. The lowest BCUT2D eigenvalue weighted by Crippen LogP contribution is -2.42. The molecule has 0 bridgehead atoms. The maximum atomic E-state index is 12.7. The van der Waals surface area contributed by atoms with Gasteiger partial charge in [0.2, 0.25) is 5.91 Å². The van der Waals surface area contributed by atoms with E-state index in [1.807, 2.05) is 18.7 Å².